The average Bonchev–Trinajstić information content (AvgIpc) is 2.41. The second-order valence-electron chi connectivity index (χ2n) is 5.02. The van der Waals surface area contributed by atoms with E-state index in [2.05, 4.69) is 24.3 Å². The summed E-state index contributed by atoms with van der Waals surface area (Å²) in [4.78, 5) is 0. The summed E-state index contributed by atoms with van der Waals surface area (Å²) in [6.07, 6.45) is 3.71. The van der Waals surface area contributed by atoms with Gasteiger partial charge in [0.05, 0.1) is 6.10 Å². The molecule has 2 atom stereocenters. The summed E-state index contributed by atoms with van der Waals surface area (Å²) in [7, 11) is 0. The standard InChI is InChI=1S/C16H18O2/c17-15-7-3-4-8-16(15)18-14-10-9-12-5-1-2-6-13(12)11-14/h1-2,5-6,9-11,15-17H,3-4,7-8H2/t15-,16-/m0/s1. The number of aliphatic hydroxyl groups is 1. The van der Waals surface area contributed by atoms with Crippen molar-refractivity contribution in [2.75, 3.05) is 0 Å². The number of aliphatic hydroxyl groups excluding tert-OH is 1. The highest BCUT2D eigenvalue weighted by molar-refractivity contribution is 5.83. The zero-order valence-corrected chi connectivity index (χ0v) is 10.4. The van der Waals surface area contributed by atoms with Crippen LogP contribution >= 0.6 is 0 Å². The van der Waals surface area contributed by atoms with E-state index in [1.54, 1.807) is 0 Å². The van der Waals surface area contributed by atoms with Crippen molar-refractivity contribution in [2.45, 2.75) is 37.9 Å². The van der Waals surface area contributed by atoms with Gasteiger partial charge in [0.2, 0.25) is 0 Å². The Balaban J connectivity index is 1.81. The molecule has 0 aromatic heterocycles. The summed E-state index contributed by atoms with van der Waals surface area (Å²) >= 11 is 0. The highest BCUT2D eigenvalue weighted by Crippen LogP contribution is 2.26. The Bertz CT molecular complexity index is 535. The van der Waals surface area contributed by atoms with E-state index in [-0.39, 0.29) is 12.2 Å². The molecule has 1 aliphatic rings. The van der Waals surface area contributed by atoms with Gasteiger partial charge in [0.25, 0.3) is 0 Å². The molecular weight excluding hydrogens is 224 g/mol. The molecule has 18 heavy (non-hydrogen) atoms. The number of ether oxygens (including phenoxy) is 1. The molecule has 0 heterocycles. The minimum atomic E-state index is -0.315. The minimum absolute atomic E-state index is 0.0417. The summed E-state index contributed by atoms with van der Waals surface area (Å²) < 4.78 is 5.93. The first-order chi connectivity index (χ1) is 8.83. The highest BCUT2D eigenvalue weighted by Gasteiger charge is 2.24. The van der Waals surface area contributed by atoms with E-state index in [9.17, 15) is 5.11 Å². The van der Waals surface area contributed by atoms with Gasteiger partial charge in [-0.1, -0.05) is 36.8 Å². The van der Waals surface area contributed by atoms with Crippen molar-refractivity contribution in [2.24, 2.45) is 0 Å². The van der Waals surface area contributed by atoms with Crippen LogP contribution in [0.2, 0.25) is 0 Å². The molecule has 0 unspecified atom stereocenters. The molecule has 2 nitrogen and oxygen atoms in total. The third-order valence-electron chi connectivity index (χ3n) is 3.68. The number of fused-ring (bicyclic) bond motifs is 1. The van der Waals surface area contributed by atoms with Gasteiger partial charge >= 0.3 is 0 Å². The van der Waals surface area contributed by atoms with Crippen molar-refractivity contribution in [3.8, 4) is 5.75 Å². The molecule has 1 N–H and O–H groups in total. The van der Waals surface area contributed by atoms with Crippen LogP contribution in [0, 0.1) is 0 Å². The van der Waals surface area contributed by atoms with Crippen LogP contribution in [-0.4, -0.2) is 17.3 Å². The van der Waals surface area contributed by atoms with E-state index in [4.69, 9.17) is 4.74 Å². The second kappa shape index (κ2) is 4.99. The summed E-state index contributed by atoms with van der Waals surface area (Å²) in [6.45, 7) is 0. The fourth-order valence-electron chi connectivity index (χ4n) is 2.63. The average molecular weight is 242 g/mol. The van der Waals surface area contributed by atoms with Crippen molar-refractivity contribution < 1.29 is 9.84 Å². The topological polar surface area (TPSA) is 29.5 Å². The third-order valence-corrected chi connectivity index (χ3v) is 3.68. The fourth-order valence-corrected chi connectivity index (χ4v) is 2.63. The molecule has 0 bridgehead atoms. The van der Waals surface area contributed by atoms with Crippen molar-refractivity contribution in [1.82, 2.24) is 0 Å². The fraction of sp³-hybridized carbons (Fsp3) is 0.375. The van der Waals surface area contributed by atoms with Crippen LogP contribution in [-0.2, 0) is 0 Å². The Morgan fingerprint density at radius 1 is 0.944 bits per heavy atom. The zero-order chi connectivity index (χ0) is 12.4. The molecule has 0 radical (unpaired) electrons. The largest absolute Gasteiger partial charge is 0.488 e. The molecule has 0 amide bonds. The quantitative estimate of drug-likeness (QED) is 0.873. The van der Waals surface area contributed by atoms with Gasteiger partial charge in [-0.05, 0) is 42.2 Å². The summed E-state index contributed by atoms with van der Waals surface area (Å²) in [5, 5.41) is 12.3. The minimum Gasteiger partial charge on any atom is -0.488 e. The van der Waals surface area contributed by atoms with Gasteiger partial charge in [-0.3, -0.25) is 0 Å². The molecule has 94 valence electrons. The van der Waals surface area contributed by atoms with E-state index >= 15 is 0 Å². The van der Waals surface area contributed by atoms with Crippen LogP contribution < -0.4 is 4.74 Å². The maximum atomic E-state index is 9.92. The Morgan fingerprint density at radius 3 is 2.56 bits per heavy atom. The molecule has 2 aromatic rings. The van der Waals surface area contributed by atoms with E-state index < -0.39 is 0 Å². The lowest BCUT2D eigenvalue weighted by atomic mass is 9.95. The van der Waals surface area contributed by atoms with Crippen LogP contribution in [0.4, 0.5) is 0 Å². The molecule has 2 aromatic carbocycles. The van der Waals surface area contributed by atoms with E-state index in [1.807, 2.05) is 18.2 Å². The van der Waals surface area contributed by atoms with Gasteiger partial charge in [0, 0.05) is 0 Å². The molecule has 0 aliphatic heterocycles. The number of rotatable bonds is 2. The van der Waals surface area contributed by atoms with Crippen molar-refractivity contribution in [3.63, 3.8) is 0 Å². The van der Waals surface area contributed by atoms with Gasteiger partial charge in [-0.15, -0.1) is 0 Å². The molecule has 1 fully saturated rings. The van der Waals surface area contributed by atoms with Gasteiger partial charge in [0.15, 0.2) is 0 Å². The maximum Gasteiger partial charge on any atom is 0.124 e. The molecule has 0 saturated heterocycles. The number of benzene rings is 2. The highest BCUT2D eigenvalue weighted by atomic mass is 16.5. The Labute approximate surface area is 107 Å². The molecule has 3 rings (SSSR count). The van der Waals surface area contributed by atoms with Gasteiger partial charge in [-0.2, -0.15) is 0 Å². The zero-order valence-electron chi connectivity index (χ0n) is 10.4. The predicted octanol–water partition coefficient (Wildman–Crippen LogP) is 3.52. The Morgan fingerprint density at radius 2 is 1.72 bits per heavy atom. The predicted molar refractivity (Wildman–Crippen MR) is 72.8 cm³/mol. The van der Waals surface area contributed by atoms with E-state index in [0.29, 0.717) is 0 Å². The van der Waals surface area contributed by atoms with Crippen LogP contribution in [0.3, 0.4) is 0 Å². The maximum absolute atomic E-state index is 9.92. The van der Waals surface area contributed by atoms with E-state index in [1.165, 1.54) is 10.8 Å². The normalized spacial score (nSPS) is 24.1. The first kappa shape index (κ1) is 11.5. The second-order valence-corrected chi connectivity index (χ2v) is 5.02. The van der Waals surface area contributed by atoms with Crippen molar-refractivity contribution in [3.05, 3.63) is 42.5 Å². The first-order valence-corrected chi connectivity index (χ1v) is 6.66. The van der Waals surface area contributed by atoms with Crippen LogP contribution in [0.5, 0.6) is 5.75 Å². The van der Waals surface area contributed by atoms with Crippen LogP contribution in [0.25, 0.3) is 10.8 Å². The van der Waals surface area contributed by atoms with Gasteiger partial charge in [-0.25, -0.2) is 0 Å². The van der Waals surface area contributed by atoms with Crippen molar-refractivity contribution >= 4 is 10.8 Å². The summed E-state index contributed by atoms with van der Waals surface area (Å²) in [5.41, 5.74) is 0. The summed E-state index contributed by atoms with van der Waals surface area (Å²) in [5.74, 6) is 0.861. The number of hydrogen-bond donors (Lipinski definition) is 1. The van der Waals surface area contributed by atoms with E-state index in [0.717, 1.165) is 31.4 Å². The third kappa shape index (κ3) is 2.34. The molecular formula is C16H18O2. The van der Waals surface area contributed by atoms with Crippen LogP contribution in [0.1, 0.15) is 25.7 Å². The molecule has 0 spiro atoms. The van der Waals surface area contributed by atoms with Gasteiger partial charge in [0.1, 0.15) is 11.9 Å². The number of hydrogen-bond acceptors (Lipinski definition) is 2. The monoisotopic (exact) mass is 242 g/mol. The van der Waals surface area contributed by atoms with Crippen molar-refractivity contribution in [1.29, 1.82) is 0 Å². The molecule has 2 heteroatoms. The lowest BCUT2D eigenvalue weighted by molar-refractivity contribution is 0.00695. The summed E-state index contributed by atoms with van der Waals surface area (Å²) in [6, 6.07) is 14.4. The Hall–Kier alpha value is -1.54. The lowest BCUT2D eigenvalue weighted by Crippen LogP contribution is -2.34. The van der Waals surface area contributed by atoms with Gasteiger partial charge < -0.3 is 9.84 Å². The molecule has 1 saturated carbocycles. The SMILES string of the molecule is O[C@H]1CCCC[C@@H]1Oc1ccc2ccccc2c1. The lowest BCUT2D eigenvalue weighted by Gasteiger charge is -2.28. The smallest absolute Gasteiger partial charge is 0.124 e. The van der Waals surface area contributed by atoms with Crippen LogP contribution in [0.15, 0.2) is 42.5 Å². The Kier molecular flexibility index (Phi) is 3.20. The molecule has 1 aliphatic carbocycles. The first-order valence-electron chi connectivity index (χ1n) is 6.66.